The zero-order valence-electron chi connectivity index (χ0n) is 14.8. The van der Waals surface area contributed by atoms with Crippen LogP contribution in [0.3, 0.4) is 0 Å². The van der Waals surface area contributed by atoms with Gasteiger partial charge >= 0.3 is 0 Å². The van der Waals surface area contributed by atoms with Gasteiger partial charge in [0.25, 0.3) is 5.56 Å². The average Bonchev–Trinajstić information content (AvgIpc) is 2.50. The molecule has 2 rings (SSSR count). The van der Waals surface area contributed by atoms with Gasteiger partial charge in [0.05, 0.1) is 6.61 Å². The number of nitrogens with one attached hydrogen (secondary N) is 1. The largest absolute Gasteiger partial charge is 0.494 e. The highest BCUT2D eigenvalue weighted by atomic mass is 16.5. The minimum absolute atomic E-state index is 0.156. The number of nitriles is 1. The molecule has 0 radical (unpaired) electrons. The lowest BCUT2D eigenvalue weighted by Crippen LogP contribution is -2.13. The number of hydrogen-bond donors (Lipinski definition) is 1. The van der Waals surface area contributed by atoms with Gasteiger partial charge in [0.2, 0.25) is 0 Å². The minimum Gasteiger partial charge on any atom is -0.494 e. The van der Waals surface area contributed by atoms with Crippen LogP contribution >= 0.6 is 0 Å². The smallest absolute Gasteiger partial charge is 0.266 e. The van der Waals surface area contributed by atoms with E-state index in [4.69, 9.17) is 4.74 Å². The first-order valence-electron chi connectivity index (χ1n) is 8.36. The van der Waals surface area contributed by atoms with E-state index in [2.05, 4.69) is 11.9 Å². The van der Waals surface area contributed by atoms with Crippen LogP contribution in [0.15, 0.2) is 23.0 Å². The average molecular weight is 324 g/mol. The molecule has 0 aliphatic carbocycles. The van der Waals surface area contributed by atoms with Gasteiger partial charge in [-0.3, -0.25) is 4.79 Å². The maximum Gasteiger partial charge on any atom is 0.266 e. The summed E-state index contributed by atoms with van der Waals surface area (Å²) in [6, 6.07) is 7.85. The number of hydrogen-bond acceptors (Lipinski definition) is 3. The molecule has 0 bridgehead atoms. The Balaban J connectivity index is 2.43. The van der Waals surface area contributed by atoms with Crippen molar-refractivity contribution >= 4 is 0 Å². The first-order chi connectivity index (χ1) is 11.5. The van der Waals surface area contributed by atoms with Crippen LogP contribution in [0.5, 0.6) is 5.75 Å². The Kier molecular flexibility index (Phi) is 5.81. The van der Waals surface area contributed by atoms with Crippen LogP contribution in [-0.4, -0.2) is 11.6 Å². The van der Waals surface area contributed by atoms with E-state index in [1.165, 1.54) is 6.42 Å². The molecule has 24 heavy (non-hydrogen) atoms. The molecule has 0 saturated heterocycles. The molecule has 0 aliphatic rings. The van der Waals surface area contributed by atoms with E-state index in [1.807, 2.05) is 45.0 Å². The molecule has 0 fully saturated rings. The van der Waals surface area contributed by atoms with E-state index in [-0.39, 0.29) is 11.1 Å². The summed E-state index contributed by atoms with van der Waals surface area (Å²) in [6.07, 6.45) is 3.37. The predicted molar refractivity (Wildman–Crippen MR) is 96.4 cm³/mol. The van der Waals surface area contributed by atoms with Crippen LogP contribution in [0.2, 0.25) is 0 Å². The lowest BCUT2D eigenvalue weighted by molar-refractivity contribution is 0.306. The summed E-state index contributed by atoms with van der Waals surface area (Å²) in [7, 11) is 0. The van der Waals surface area contributed by atoms with Crippen molar-refractivity contribution < 1.29 is 4.74 Å². The molecule has 4 heteroatoms. The van der Waals surface area contributed by atoms with Crippen LogP contribution in [0.1, 0.15) is 48.6 Å². The molecule has 2 aromatic rings. The summed E-state index contributed by atoms with van der Waals surface area (Å²) in [4.78, 5) is 14.7. The highest BCUT2D eigenvalue weighted by molar-refractivity contribution is 5.76. The van der Waals surface area contributed by atoms with Gasteiger partial charge in [-0.1, -0.05) is 19.8 Å². The topological polar surface area (TPSA) is 65.9 Å². The summed E-state index contributed by atoms with van der Waals surface area (Å²) < 4.78 is 5.83. The van der Waals surface area contributed by atoms with E-state index >= 15 is 0 Å². The summed E-state index contributed by atoms with van der Waals surface area (Å²) in [5.74, 6) is 0.838. The van der Waals surface area contributed by atoms with Crippen LogP contribution in [0.25, 0.3) is 11.1 Å². The van der Waals surface area contributed by atoms with Gasteiger partial charge in [0.1, 0.15) is 17.4 Å². The summed E-state index contributed by atoms with van der Waals surface area (Å²) in [5.41, 5.74) is 4.18. The highest BCUT2D eigenvalue weighted by Crippen LogP contribution is 2.32. The van der Waals surface area contributed by atoms with E-state index in [0.717, 1.165) is 41.0 Å². The van der Waals surface area contributed by atoms with E-state index in [9.17, 15) is 10.1 Å². The van der Waals surface area contributed by atoms with Gasteiger partial charge in [-0.25, -0.2) is 0 Å². The van der Waals surface area contributed by atoms with Crippen molar-refractivity contribution in [1.29, 1.82) is 5.26 Å². The number of nitrogens with zero attached hydrogens (tertiary/aromatic N) is 1. The van der Waals surface area contributed by atoms with Gasteiger partial charge in [-0.05, 0) is 62.1 Å². The fourth-order valence-corrected chi connectivity index (χ4v) is 2.97. The van der Waals surface area contributed by atoms with Crippen molar-refractivity contribution in [2.45, 2.75) is 47.0 Å². The molecule has 0 unspecified atom stereocenters. The number of rotatable bonds is 6. The second kappa shape index (κ2) is 7.83. The second-order valence-corrected chi connectivity index (χ2v) is 6.17. The highest BCUT2D eigenvalue weighted by Gasteiger charge is 2.15. The van der Waals surface area contributed by atoms with Crippen molar-refractivity contribution in [2.75, 3.05) is 6.61 Å². The Morgan fingerprint density at radius 1 is 1.12 bits per heavy atom. The Labute approximate surface area is 143 Å². The van der Waals surface area contributed by atoms with Gasteiger partial charge in [-0.15, -0.1) is 0 Å². The molecule has 0 saturated carbocycles. The lowest BCUT2D eigenvalue weighted by Gasteiger charge is -2.15. The van der Waals surface area contributed by atoms with Crippen LogP contribution in [0.4, 0.5) is 0 Å². The number of aromatic amines is 1. The maximum absolute atomic E-state index is 12.1. The SMILES string of the molecule is CCCCCOc1cc(C)c(-c2cc(C)[nH]c(=O)c2C#N)c(C)c1. The summed E-state index contributed by atoms with van der Waals surface area (Å²) in [6.45, 7) is 8.67. The number of aromatic nitrogens is 1. The zero-order chi connectivity index (χ0) is 17.7. The van der Waals surface area contributed by atoms with Gasteiger partial charge in [0, 0.05) is 11.3 Å². The molecule has 1 aromatic carbocycles. The van der Waals surface area contributed by atoms with Crippen molar-refractivity contribution in [2.24, 2.45) is 0 Å². The van der Waals surface area contributed by atoms with Crippen molar-refractivity contribution in [1.82, 2.24) is 4.98 Å². The Morgan fingerprint density at radius 3 is 2.38 bits per heavy atom. The van der Waals surface area contributed by atoms with Crippen molar-refractivity contribution in [3.05, 3.63) is 50.9 Å². The third kappa shape index (κ3) is 3.86. The Bertz CT molecular complexity index is 806. The first-order valence-corrected chi connectivity index (χ1v) is 8.36. The Morgan fingerprint density at radius 2 is 1.79 bits per heavy atom. The van der Waals surface area contributed by atoms with Gasteiger partial charge in [-0.2, -0.15) is 5.26 Å². The quantitative estimate of drug-likeness (QED) is 0.800. The van der Waals surface area contributed by atoms with E-state index < -0.39 is 0 Å². The predicted octanol–water partition coefficient (Wildman–Crippen LogP) is 4.41. The minimum atomic E-state index is -0.341. The van der Waals surface area contributed by atoms with E-state index in [1.54, 1.807) is 0 Å². The molecule has 1 aromatic heterocycles. The fraction of sp³-hybridized carbons (Fsp3) is 0.400. The molecule has 1 N–H and O–H groups in total. The standard InChI is InChI=1S/C20H24N2O2/c1-5-6-7-8-24-16-9-13(2)19(14(3)10-16)17-11-15(4)22-20(23)18(17)12-21/h9-11H,5-8H2,1-4H3,(H,22,23). The molecule has 0 aliphatic heterocycles. The molecular weight excluding hydrogens is 300 g/mol. The van der Waals surface area contributed by atoms with Gasteiger partial charge < -0.3 is 9.72 Å². The summed E-state index contributed by atoms with van der Waals surface area (Å²) in [5, 5.41) is 9.36. The van der Waals surface area contributed by atoms with Crippen molar-refractivity contribution in [3.63, 3.8) is 0 Å². The van der Waals surface area contributed by atoms with Crippen LogP contribution < -0.4 is 10.3 Å². The van der Waals surface area contributed by atoms with E-state index in [0.29, 0.717) is 12.2 Å². The number of pyridine rings is 1. The van der Waals surface area contributed by atoms with Gasteiger partial charge in [0.15, 0.2) is 0 Å². The van der Waals surface area contributed by atoms with Crippen molar-refractivity contribution in [3.8, 4) is 22.9 Å². The van der Waals surface area contributed by atoms with Crippen LogP contribution in [0, 0.1) is 32.1 Å². The molecule has 0 amide bonds. The second-order valence-electron chi connectivity index (χ2n) is 6.17. The molecule has 1 heterocycles. The number of aryl methyl sites for hydroxylation is 3. The molecule has 4 nitrogen and oxygen atoms in total. The number of benzene rings is 1. The normalized spacial score (nSPS) is 10.5. The molecule has 126 valence electrons. The lowest BCUT2D eigenvalue weighted by atomic mass is 9.92. The Hall–Kier alpha value is -2.54. The monoisotopic (exact) mass is 324 g/mol. The number of H-pyrrole nitrogens is 1. The van der Waals surface area contributed by atoms with Crippen LogP contribution in [-0.2, 0) is 0 Å². The third-order valence-corrected chi connectivity index (χ3v) is 4.07. The summed E-state index contributed by atoms with van der Waals surface area (Å²) >= 11 is 0. The number of ether oxygens (including phenoxy) is 1. The fourth-order valence-electron chi connectivity index (χ4n) is 2.97. The zero-order valence-corrected chi connectivity index (χ0v) is 14.8. The third-order valence-electron chi connectivity index (χ3n) is 4.07. The first kappa shape index (κ1) is 17.8. The number of unbranched alkanes of at least 4 members (excludes halogenated alkanes) is 2. The molecular formula is C20H24N2O2. The maximum atomic E-state index is 12.1. The molecule has 0 atom stereocenters. The molecule has 0 spiro atoms.